The molecule has 0 radical (unpaired) electrons. The minimum absolute atomic E-state index is 0.0822. The van der Waals surface area contributed by atoms with Crippen LogP contribution in [0.5, 0.6) is 0 Å². The van der Waals surface area contributed by atoms with Crippen LogP contribution < -0.4 is 9.80 Å². The summed E-state index contributed by atoms with van der Waals surface area (Å²) in [6.45, 7) is 9.74. The predicted octanol–water partition coefficient (Wildman–Crippen LogP) is 5.46. The highest BCUT2D eigenvalue weighted by Crippen LogP contribution is 2.30. The van der Waals surface area contributed by atoms with Crippen LogP contribution in [0, 0.1) is 5.92 Å². The molecule has 0 bridgehead atoms. The molecule has 2 atom stereocenters. The van der Waals surface area contributed by atoms with Gasteiger partial charge >= 0.3 is 5.97 Å². The van der Waals surface area contributed by atoms with Crippen molar-refractivity contribution in [3.05, 3.63) is 59.7 Å². The Balaban J connectivity index is 2.05. The van der Waals surface area contributed by atoms with Gasteiger partial charge in [-0.1, -0.05) is 13.8 Å². The molecule has 0 spiro atoms. The summed E-state index contributed by atoms with van der Waals surface area (Å²) in [7, 11) is 7.83. The fourth-order valence-corrected chi connectivity index (χ4v) is 3.52. The smallest absolute Gasteiger partial charge is 0.338 e. The average molecular weight is 469 g/mol. The van der Waals surface area contributed by atoms with Crippen molar-refractivity contribution in [3.63, 3.8) is 0 Å². The third-order valence-corrected chi connectivity index (χ3v) is 6.58. The first kappa shape index (κ1) is 27.4. The lowest BCUT2D eigenvalue weighted by molar-refractivity contribution is -0.0827. The van der Waals surface area contributed by atoms with Gasteiger partial charge in [-0.2, -0.15) is 0 Å². The minimum atomic E-state index is -1.01. The highest BCUT2D eigenvalue weighted by molar-refractivity contribution is 6.02. The molecule has 0 aliphatic rings. The maximum absolute atomic E-state index is 13.1. The molecule has 6 nitrogen and oxygen atoms in total. The second kappa shape index (κ2) is 11.0. The molecular weight excluding hydrogens is 428 g/mol. The van der Waals surface area contributed by atoms with Crippen molar-refractivity contribution in [2.24, 2.45) is 5.92 Å². The summed E-state index contributed by atoms with van der Waals surface area (Å²) in [4.78, 5) is 29.9. The molecule has 6 heteroatoms. The maximum atomic E-state index is 13.1. The SMILES string of the molecule is CCC(C)(OC(=O)c1ccc(N(C)C)cc1)C(C)COC(C)(C)C(=O)c1ccc(N(C)C)cc1. The molecule has 0 aliphatic carbocycles. The first-order valence-electron chi connectivity index (χ1n) is 11.8. The second-order valence-corrected chi connectivity index (χ2v) is 9.99. The molecule has 0 heterocycles. The first-order chi connectivity index (χ1) is 15.8. The zero-order chi connectivity index (χ0) is 25.7. The summed E-state index contributed by atoms with van der Waals surface area (Å²) in [5.74, 6) is -0.565. The van der Waals surface area contributed by atoms with Gasteiger partial charge in [0.1, 0.15) is 11.2 Å². The Morgan fingerprint density at radius 1 is 0.824 bits per heavy atom. The van der Waals surface area contributed by atoms with Crippen LogP contribution in [0.1, 0.15) is 61.8 Å². The summed E-state index contributed by atoms with van der Waals surface area (Å²) in [5, 5.41) is 0. The fourth-order valence-electron chi connectivity index (χ4n) is 3.52. The highest BCUT2D eigenvalue weighted by Gasteiger charge is 2.37. The van der Waals surface area contributed by atoms with Crippen LogP contribution in [0.3, 0.4) is 0 Å². The lowest BCUT2D eigenvalue weighted by Crippen LogP contribution is -2.43. The Morgan fingerprint density at radius 3 is 1.68 bits per heavy atom. The normalized spacial score (nSPS) is 14.1. The molecule has 186 valence electrons. The Labute approximate surface area is 204 Å². The Morgan fingerprint density at radius 2 is 1.26 bits per heavy atom. The van der Waals surface area contributed by atoms with E-state index in [0.717, 1.165) is 11.4 Å². The van der Waals surface area contributed by atoms with Gasteiger partial charge in [-0.3, -0.25) is 4.79 Å². The summed E-state index contributed by atoms with van der Waals surface area (Å²) in [6, 6.07) is 14.8. The van der Waals surface area contributed by atoms with E-state index in [9.17, 15) is 9.59 Å². The van der Waals surface area contributed by atoms with Gasteiger partial charge in [0.15, 0.2) is 5.78 Å². The van der Waals surface area contributed by atoms with Crippen LogP contribution in [-0.4, -0.2) is 57.8 Å². The minimum Gasteiger partial charge on any atom is -0.455 e. The van der Waals surface area contributed by atoms with Gasteiger partial charge < -0.3 is 19.3 Å². The van der Waals surface area contributed by atoms with Gasteiger partial charge in [-0.15, -0.1) is 0 Å². The number of benzene rings is 2. The van der Waals surface area contributed by atoms with Crippen LogP contribution in [0.4, 0.5) is 11.4 Å². The topological polar surface area (TPSA) is 59.1 Å². The predicted molar refractivity (Wildman–Crippen MR) is 139 cm³/mol. The monoisotopic (exact) mass is 468 g/mol. The number of hydrogen-bond acceptors (Lipinski definition) is 6. The van der Waals surface area contributed by atoms with Crippen LogP contribution in [0.2, 0.25) is 0 Å². The fraction of sp³-hybridized carbons (Fsp3) is 0.500. The van der Waals surface area contributed by atoms with Crippen LogP contribution in [-0.2, 0) is 9.47 Å². The number of anilines is 2. The third-order valence-electron chi connectivity index (χ3n) is 6.58. The van der Waals surface area contributed by atoms with Crippen molar-refractivity contribution in [1.29, 1.82) is 0 Å². The molecule has 0 saturated heterocycles. The number of ether oxygens (including phenoxy) is 2. The number of carbonyl (C=O) groups is 2. The molecule has 2 rings (SSSR count). The highest BCUT2D eigenvalue weighted by atomic mass is 16.6. The van der Waals surface area contributed by atoms with Gasteiger partial charge in [0, 0.05) is 51.0 Å². The first-order valence-corrected chi connectivity index (χ1v) is 11.8. The molecular formula is C28H40N2O4. The summed E-state index contributed by atoms with van der Waals surface area (Å²) in [6.07, 6.45) is 0.624. The molecule has 0 aromatic heterocycles. The lowest BCUT2D eigenvalue weighted by atomic mass is 9.88. The maximum Gasteiger partial charge on any atom is 0.338 e. The van der Waals surface area contributed by atoms with E-state index in [1.54, 1.807) is 26.0 Å². The van der Waals surface area contributed by atoms with Crippen molar-refractivity contribution in [1.82, 2.24) is 0 Å². The number of ketones is 1. The van der Waals surface area contributed by atoms with Crippen LogP contribution in [0.25, 0.3) is 0 Å². The zero-order valence-corrected chi connectivity index (χ0v) is 22.1. The van der Waals surface area contributed by atoms with Gasteiger partial charge in [-0.25, -0.2) is 4.79 Å². The van der Waals surface area contributed by atoms with E-state index in [0.29, 0.717) is 17.5 Å². The molecule has 2 aromatic carbocycles. The largest absolute Gasteiger partial charge is 0.455 e. The summed E-state index contributed by atoms with van der Waals surface area (Å²) >= 11 is 0. The van der Waals surface area contributed by atoms with E-state index in [1.807, 2.05) is 95.2 Å². The number of Topliss-reactive ketones (excluding diaryl/α,β-unsaturated/α-hetero) is 1. The average Bonchev–Trinajstić information content (AvgIpc) is 2.81. The molecule has 34 heavy (non-hydrogen) atoms. The summed E-state index contributed by atoms with van der Waals surface area (Å²) < 4.78 is 12.1. The van der Waals surface area contributed by atoms with Crippen molar-refractivity contribution in [2.45, 2.75) is 52.2 Å². The van der Waals surface area contributed by atoms with E-state index in [-0.39, 0.29) is 24.3 Å². The molecule has 0 aliphatic heterocycles. The number of nitrogens with zero attached hydrogens (tertiary/aromatic N) is 2. The quantitative estimate of drug-likeness (QED) is 0.322. The van der Waals surface area contributed by atoms with Crippen LogP contribution in [0.15, 0.2) is 48.5 Å². The molecule has 0 saturated carbocycles. The van der Waals surface area contributed by atoms with Crippen LogP contribution >= 0.6 is 0 Å². The van der Waals surface area contributed by atoms with Gasteiger partial charge in [-0.05, 0) is 75.7 Å². The van der Waals surface area contributed by atoms with E-state index in [1.165, 1.54) is 0 Å². The van der Waals surface area contributed by atoms with Crippen molar-refractivity contribution in [2.75, 3.05) is 44.6 Å². The summed E-state index contributed by atoms with van der Waals surface area (Å²) in [5.41, 5.74) is 1.42. The number of hydrogen-bond donors (Lipinski definition) is 0. The van der Waals surface area contributed by atoms with Crippen molar-refractivity contribution < 1.29 is 19.1 Å². The van der Waals surface area contributed by atoms with Crippen molar-refractivity contribution in [3.8, 4) is 0 Å². The van der Waals surface area contributed by atoms with Gasteiger partial charge in [0.05, 0.1) is 12.2 Å². The standard InChI is InChI=1S/C28H40N2O4/c1-10-28(5,34-26(32)22-13-17-24(18-14-22)30(8)9)20(2)19-33-27(3,4)25(31)21-11-15-23(16-12-21)29(6)7/h11-18,20H,10,19H2,1-9H3. The van der Waals surface area contributed by atoms with Gasteiger partial charge in [0.2, 0.25) is 0 Å². The molecule has 2 unspecified atom stereocenters. The van der Waals surface area contributed by atoms with E-state index < -0.39 is 11.2 Å². The van der Waals surface area contributed by atoms with E-state index >= 15 is 0 Å². The number of rotatable bonds is 11. The lowest BCUT2D eigenvalue weighted by Gasteiger charge is -2.36. The molecule has 2 aromatic rings. The third kappa shape index (κ3) is 6.60. The molecule has 0 N–H and O–H groups in total. The second-order valence-electron chi connectivity index (χ2n) is 9.99. The van der Waals surface area contributed by atoms with E-state index in [4.69, 9.17) is 9.47 Å². The number of esters is 1. The van der Waals surface area contributed by atoms with Crippen molar-refractivity contribution >= 4 is 23.1 Å². The molecule has 0 fully saturated rings. The zero-order valence-electron chi connectivity index (χ0n) is 22.1. The van der Waals surface area contributed by atoms with Gasteiger partial charge in [0.25, 0.3) is 0 Å². The molecule has 0 amide bonds. The number of carbonyl (C=O) groups excluding carboxylic acids is 2. The van der Waals surface area contributed by atoms with E-state index in [2.05, 4.69) is 0 Å². The Bertz CT molecular complexity index is 965. The Hall–Kier alpha value is -2.86. The Kier molecular flexibility index (Phi) is 8.89.